The fourth-order valence-electron chi connectivity index (χ4n) is 3.98. The average molecular weight is 344 g/mol. The van der Waals surface area contributed by atoms with E-state index in [1.54, 1.807) is 23.7 Å². The molecule has 1 unspecified atom stereocenters. The van der Waals surface area contributed by atoms with E-state index in [1.807, 2.05) is 6.20 Å². The van der Waals surface area contributed by atoms with E-state index in [0.717, 1.165) is 45.2 Å². The van der Waals surface area contributed by atoms with E-state index < -0.39 is 0 Å². The fourth-order valence-corrected chi connectivity index (χ4v) is 4.64. The van der Waals surface area contributed by atoms with Crippen LogP contribution in [0.5, 0.6) is 0 Å². The molecule has 24 heavy (non-hydrogen) atoms. The van der Waals surface area contributed by atoms with Gasteiger partial charge in [0.15, 0.2) is 0 Å². The fraction of sp³-hybridized carbons (Fsp3) is 0.556. The predicted octanol–water partition coefficient (Wildman–Crippen LogP) is 2.66. The molecule has 2 fully saturated rings. The molecular formula is C18H24N4OS. The van der Waals surface area contributed by atoms with Gasteiger partial charge >= 0.3 is 0 Å². The van der Waals surface area contributed by atoms with Gasteiger partial charge in [-0.15, -0.1) is 0 Å². The SMILES string of the molecule is c1cnc(N2CCOCC3(CCCN(Cc4ccsc4)C3)C2)cn1. The lowest BCUT2D eigenvalue weighted by Gasteiger charge is -2.43. The van der Waals surface area contributed by atoms with E-state index >= 15 is 0 Å². The summed E-state index contributed by atoms with van der Waals surface area (Å²) in [6, 6.07) is 2.24. The molecule has 0 radical (unpaired) electrons. The Hall–Kier alpha value is -1.50. The van der Waals surface area contributed by atoms with Crippen molar-refractivity contribution in [2.24, 2.45) is 5.41 Å². The van der Waals surface area contributed by atoms with Gasteiger partial charge in [0.1, 0.15) is 5.82 Å². The first-order chi connectivity index (χ1) is 11.8. The van der Waals surface area contributed by atoms with Crippen molar-refractivity contribution >= 4 is 17.2 Å². The highest BCUT2D eigenvalue weighted by Gasteiger charge is 2.39. The van der Waals surface area contributed by atoms with Crippen LogP contribution in [0.3, 0.4) is 0 Å². The molecule has 4 rings (SSSR count). The summed E-state index contributed by atoms with van der Waals surface area (Å²) >= 11 is 1.78. The standard InChI is InChI=1S/C18H24N4OS/c1-3-18(13-21(6-1)11-16-2-9-24-12-16)14-22(7-8-23-15-18)17-10-19-4-5-20-17/h2,4-5,9-10,12H,1,3,6-8,11,13-15H2. The number of aromatic nitrogens is 2. The van der Waals surface area contributed by atoms with Crippen molar-refractivity contribution in [2.75, 3.05) is 44.3 Å². The second kappa shape index (κ2) is 7.17. The van der Waals surface area contributed by atoms with Gasteiger partial charge in [0, 0.05) is 44.0 Å². The van der Waals surface area contributed by atoms with Crippen molar-refractivity contribution in [2.45, 2.75) is 19.4 Å². The van der Waals surface area contributed by atoms with E-state index in [4.69, 9.17) is 4.74 Å². The van der Waals surface area contributed by atoms with Gasteiger partial charge in [-0.1, -0.05) is 0 Å². The van der Waals surface area contributed by atoms with Gasteiger partial charge in [0.25, 0.3) is 0 Å². The summed E-state index contributed by atoms with van der Waals surface area (Å²) in [5.41, 5.74) is 1.62. The molecule has 2 aromatic rings. The lowest BCUT2D eigenvalue weighted by atomic mass is 9.80. The van der Waals surface area contributed by atoms with Gasteiger partial charge in [0.2, 0.25) is 0 Å². The van der Waals surface area contributed by atoms with Crippen LogP contribution in [0.15, 0.2) is 35.4 Å². The minimum atomic E-state index is 0.197. The summed E-state index contributed by atoms with van der Waals surface area (Å²) in [4.78, 5) is 13.7. The Bertz CT molecular complexity index is 636. The maximum absolute atomic E-state index is 6.01. The van der Waals surface area contributed by atoms with E-state index in [0.29, 0.717) is 0 Å². The summed E-state index contributed by atoms with van der Waals surface area (Å²) in [6.07, 6.45) is 7.84. The molecule has 5 nitrogen and oxygen atoms in total. The molecule has 0 N–H and O–H groups in total. The second-order valence-electron chi connectivity index (χ2n) is 6.98. The van der Waals surface area contributed by atoms with Crippen LogP contribution in [0.25, 0.3) is 0 Å². The van der Waals surface area contributed by atoms with E-state index in [2.05, 4.69) is 36.6 Å². The summed E-state index contributed by atoms with van der Waals surface area (Å²) < 4.78 is 6.01. The first-order valence-corrected chi connectivity index (χ1v) is 9.59. The Morgan fingerprint density at radius 2 is 2.25 bits per heavy atom. The number of ether oxygens (including phenoxy) is 1. The Kier molecular flexibility index (Phi) is 4.78. The topological polar surface area (TPSA) is 41.5 Å². The van der Waals surface area contributed by atoms with Crippen LogP contribution in [0, 0.1) is 5.41 Å². The van der Waals surface area contributed by atoms with Gasteiger partial charge in [-0.05, 0) is 41.8 Å². The first kappa shape index (κ1) is 16.0. The van der Waals surface area contributed by atoms with Gasteiger partial charge in [-0.2, -0.15) is 11.3 Å². The lowest BCUT2D eigenvalue weighted by Crippen LogP contribution is -2.50. The van der Waals surface area contributed by atoms with Gasteiger partial charge in [0.05, 0.1) is 19.4 Å². The normalized spacial score (nSPS) is 25.8. The number of rotatable bonds is 3. The summed E-state index contributed by atoms with van der Waals surface area (Å²) in [7, 11) is 0. The highest BCUT2D eigenvalue weighted by molar-refractivity contribution is 7.07. The zero-order chi connectivity index (χ0) is 16.2. The molecule has 128 valence electrons. The van der Waals surface area contributed by atoms with Crippen molar-refractivity contribution < 1.29 is 4.74 Å². The van der Waals surface area contributed by atoms with E-state index in [-0.39, 0.29) is 5.41 Å². The molecule has 2 aliphatic heterocycles. The molecule has 6 heteroatoms. The molecule has 1 atom stereocenters. The van der Waals surface area contributed by atoms with Crippen molar-refractivity contribution in [3.05, 3.63) is 41.0 Å². The van der Waals surface area contributed by atoms with Crippen LogP contribution in [0.2, 0.25) is 0 Å². The van der Waals surface area contributed by atoms with Gasteiger partial charge in [-0.3, -0.25) is 9.88 Å². The maximum Gasteiger partial charge on any atom is 0.147 e. The molecule has 1 spiro atoms. The molecule has 2 aliphatic rings. The quantitative estimate of drug-likeness (QED) is 0.856. The maximum atomic E-state index is 6.01. The summed E-state index contributed by atoms with van der Waals surface area (Å²) in [6.45, 7) is 6.85. The monoisotopic (exact) mass is 344 g/mol. The molecule has 0 aliphatic carbocycles. The Morgan fingerprint density at radius 1 is 1.25 bits per heavy atom. The molecule has 2 saturated heterocycles. The Morgan fingerprint density at radius 3 is 3.08 bits per heavy atom. The number of hydrogen-bond donors (Lipinski definition) is 0. The number of thiophene rings is 1. The highest BCUT2D eigenvalue weighted by Crippen LogP contribution is 2.34. The van der Waals surface area contributed by atoms with E-state index in [1.165, 1.54) is 24.9 Å². The average Bonchev–Trinajstić information content (AvgIpc) is 3.03. The smallest absolute Gasteiger partial charge is 0.147 e. The molecule has 0 aromatic carbocycles. The van der Waals surface area contributed by atoms with Crippen LogP contribution >= 0.6 is 11.3 Å². The summed E-state index contributed by atoms with van der Waals surface area (Å²) in [5.74, 6) is 0.970. The number of anilines is 1. The Balaban J connectivity index is 1.49. The van der Waals surface area contributed by atoms with E-state index in [9.17, 15) is 0 Å². The third-order valence-electron chi connectivity index (χ3n) is 5.04. The molecule has 0 bridgehead atoms. The molecule has 4 heterocycles. The Labute approximate surface area is 147 Å². The van der Waals surface area contributed by atoms with Crippen molar-refractivity contribution in [1.29, 1.82) is 0 Å². The lowest BCUT2D eigenvalue weighted by molar-refractivity contribution is 0.0107. The van der Waals surface area contributed by atoms with Crippen LogP contribution < -0.4 is 4.90 Å². The van der Waals surface area contributed by atoms with Crippen molar-refractivity contribution in [1.82, 2.24) is 14.9 Å². The second-order valence-corrected chi connectivity index (χ2v) is 7.76. The molecule has 2 aromatic heterocycles. The van der Waals surface area contributed by atoms with Crippen molar-refractivity contribution in [3.8, 4) is 0 Å². The number of hydrogen-bond acceptors (Lipinski definition) is 6. The predicted molar refractivity (Wildman–Crippen MR) is 96.3 cm³/mol. The van der Waals surface area contributed by atoms with Gasteiger partial charge in [-0.25, -0.2) is 4.98 Å². The van der Waals surface area contributed by atoms with Crippen LogP contribution in [-0.2, 0) is 11.3 Å². The summed E-state index contributed by atoms with van der Waals surface area (Å²) in [5, 5.41) is 4.43. The molecule has 0 saturated carbocycles. The number of likely N-dealkylation sites (tertiary alicyclic amines) is 1. The van der Waals surface area contributed by atoms with Crippen LogP contribution in [0.1, 0.15) is 18.4 Å². The highest BCUT2D eigenvalue weighted by atomic mass is 32.1. The molecule has 0 amide bonds. The molecular weight excluding hydrogens is 320 g/mol. The zero-order valence-electron chi connectivity index (χ0n) is 13.9. The third-order valence-corrected chi connectivity index (χ3v) is 5.77. The zero-order valence-corrected chi connectivity index (χ0v) is 14.7. The minimum absolute atomic E-state index is 0.197. The first-order valence-electron chi connectivity index (χ1n) is 8.65. The van der Waals surface area contributed by atoms with Crippen molar-refractivity contribution in [3.63, 3.8) is 0 Å². The third kappa shape index (κ3) is 3.61. The van der Waals surface area contributed by atoms with Crippen LogP contribution in [-0.4, -0.2) is 54.3 Å². The van der Waals surface area contributed by atoms with Crippen LogP contribution in [0.4, 0.5) is 5.82 Å². The largest absolute Gasteiger partial charge is 0.379 e. The number of nitrogens with zero attached hydrogens (tertiary/aromatic N) is 4. The minimum Gasteiger partial charge on any atom is -0.379 e. The van der Waals surface area contributed by atoms with Gasteiger partial charge < -0.3 is 9.64 Å². The number of piperidine rings is 1.